The summed E-state index contributed by atoms with van der Waals surface area (Å²) >= 11 is 7.54. The van der Waals surface area contributed by atoms with Crippen LogP contribution >= 0.6 is 22.9 Å². The molecule has 0 radical (unpaired) electrons. The summed E-state index contributed by atoms with van der Waals surface area (Å²) in [6.45, 7) is 3.54. The third-order valence-electron chi connectivity index (χ3n) is 4.38. The van der Waals surface area contributed by atoms with Gasteiger partial charge in [-0.3, -0.25) is 4.79 Å². The Morgan fingerprint density at radius 2 is 2.31 bits per heavy atom. The quantitative estimate of drug-likeness (QED) is 0.683. The number of amides is 1. The van der Waals surface area contributed by atoms with Crippen LogP contribution in [0.25, 0.3) is 4.96 Å². The van der Waals surface area contributed by atoms with Crippen LogP contribution in [0.3, 0.4) is 0 Å². The summed E-state index contributed by atoms with van der Waals surface area (Å²) in [5, 5.41) is 14.1. The summed E-state index contributed by atoms with van der Waals surface area (Å²) in [5.74, 6) is 0.870. The van der Waals surface area contributed by atoms with E-state index in [2.05, 4.69) is 15.3 Å². The van der Waals surface area contributed by atoms with Crippen LogP contribution in [0.2, 0.25) is 5.02 Å². The van der Waals surface area contributed by atoms with E-state index in [1.165, 1.54) is 11.3 Å². The van der Waals surface area contributed by atoms with Gasteiger partial charge in [-0.15, -0.1) is 10.2 Å². The van der Waals surface area contributed by atoms with Crippen molar-refractivity contribution in [1.29, 1.82) is 0 Å². The minimum absolute atomic E-state index is 0.114. The van der Waals surface area contributed by atoms with Gasteiger partial charge in [-0.1, -0.05) is 35.1 Å². The Labute approximate surface area is 159 Å². The van der Waals surface area contributed by atoms with Gasteiger partial charge < -0.3 is 9.64 Å². The van der Waals surface area contributed by atoms with Gasteiger partial charge in [-0.25, -0.2) is 0 Å². The Balaban J connectivity index is 1.38. The normalized spacial score (nSPS) is 17.8. The lowest BCUT2D eigenvalue weighted by molar-refractivity contribution is -0.139. The van der Waals surface area contributed by atoms with Gasteiger partial charge in [0, 0.05) is 24.4 Å². The predicted octanol–water partition coefficient (Wildman–Crippen LogP) is 2.68. The molecule has 0 saturated carbocycles. The third-order valence-corrected chi connectivity index (χ3v) is 5.57. The van der Waals surface area contributed by atoms with Gasteiger partial charge in [0.05, 0.1) is 13.2 Å². The smallest absolute Gasteiger partial charge is 0.234 e. The summed E-state index contributed by atoms with van der Waals surface area (Å²) in [4.78, 5) is 15.2. The first-order chi connectivity index (χ1) is 12.6. The maximum Gasteiger partial charge on any atom is 0.234 e. The molecule has 7 nitrogen and oxygen atoms in total. The highest BCUT2D eigenvalue weighted by Crippen LogP contribution is 2.25. The van der Waals surface area contributed by atoms with Gasteiger partial charge in [0.2, 0.25) is 10.9 Å². The maximum absolute atomic E-state index is 12.6. The molecule has 1 unspecified atom stereocenters. The van der Waals surface area contributed by atoms with Crippen LogP contribution in [0.4, 0.5) is 0 Å². The van der Waals surface area contributed by atoms with Crippen molar-refractivity contribution in [2.45, 2.75) is 25.9 Å². The number of carbonyl (C=O) groups excluding carboxylic acids is 1. The molecule has 9 heteroatoms. The largest absolute Gasteiger partial charge is 0.370 e. The Bertz CT molecular complexity index is 940. The Kier molecular flexibility index (Phi) is 4.88. The van der Waals surface area contributed by atoms with Crippen molar-refractivity contribution >= 4 is 33.8 Å². The summed E-state index contributed by atoms with van der Waals surface area (Å²) in [7, 11) is 0. The number of fused-ring (bicyclic) bond motifs is 1. The van der Waals surface area contributed by atoms with Crippen LogP contribution in [0.1, 0.15) is 28.9 Å². The van der Waals surface area contributed by atoms with Gasteiger partial charge in [0.15, 0.2) is 5.82 Å². The Morgan fingerprint density at radius 1 is 1.42 bits per heavy atom. The second-order valence-corrected chi connectivity index (χ2v) is 7.67. The first-order valence-corrected chi connectivity index (χ1v) is 9.62. The molecule has 136 valence electrons. The molecule has 1 aromatic carbocycles. The van der Waals surface area contributed by atoms with Crippen LogP contribution in [-0.2, 0) is 16.0 Å². The van der Waals surface area contributed by atoms with Crippen molar-refractivity contribution in [3.63, 3.8) is 0 Å². The number of aryl methyl sites for hydroxylation is 2. The minimum Gasteiger partial charge on any atom is -0.370 e. The van der Waals surface area contributed by atoms with E-state index in [1.54, 1.807) is 4.52 Å². The monoisotopic (exact) mass is 391 g/mol. The van der Waals surface area contributed by atoms with E-state index in [1.807, 2.05) is 36.1 Å². The molecule has 0 N–H and O–H groups in total. The molecular weight excluding hydrogens is 374 g/mol. The average Bonchev–Trinajstić information content (AvgIpc) is 3.21. The van der Waals surface area contributed by atoms with Gasteiger partial charge in [0.1, 0.15) is 11.1 Å². The molecular formula is C17H18ClN5O2S. The van der Waals surface area contributed by atoms with Crippen molar-refractivity contribution in [2.24, 2.45) is 0 Å². The topological polar surface area (TPSA) is 72.6 Å². The minimum atomic E-state index is -0.136. The number of hydrogen-bond donors (Lipinski definition) is 0. The van der Waals surface area contributed by atoms with Gasteiger partial charge >= 0.3 is 0 Å². The second kappa shape index (κ2) is 7.30. The van der Waals surface area contributed by atoms with Crippen LogP contribution in [0, 0.1) is 6.92 Å². The van der Waals surface area contributed by atoms with Crippen molar-refractivity contribution in [3.8, 4) is 0 Å². The molecule has 26 heavy (non-hydrogen) atoms. The third kappa shape index (κ3) is 3.58. The molecule has 4 rings (SSSR count). The second-order valence-electron chi connectivity index (χ2n) is 6.19. The number of carbonyl (C=O) groups is 1. The van der Waals surface area contributed by atoms with E-state index in [9.17, 15) is 4.79 Å². The first kappa shape index (κ1) is 17.4. The Morgan fingerprint density at radius 3 is 3.12 bits per heavy atom. The molecule has 1 atom stereocenters. The molecule has 1 aliphatic heterocycles. The van der Waals surface area contributed by atoms with E-state index in [4.69, 9.17) is 16.3 Å². The van der Waals surface area contributed by atoms with Crippen LogP contribution < -0.4 is 0 Å². The number of hydrogen-bond acceptors (Lipinski definition) is 6. The number of rotatable bonds is 4. The van der Waals surface area contributed by atoms with Crippen LogP contribution in [0.5, 0.6) is 0 Å². The zero-order valence-electron chi connectivity index (χ0n) is 14.3. The van der Waals surface area contributed by atoms with E-state index in [-0.39, 0.29) is 12.0 Å². The van der Waals surface area contributed by atoms with Gasteiger partial charge in [-0.2, -0.15) is 9.61 Å². The van der Waals surface area contributed by atoms with Crippen molar-refractivity contribution in [1.82, 2.24) is 24.7 Å². The van der Waals surface area contributed by atoms with Gasteiger partial charge in [-0.05, 0) is 24.6 Å². The fourth-order valence-corrected chi connectivity index (χ4v) is 4.09. The molecule has 3 aromatic rings. The number of ether oxygens (including phenoxy) is 1. The Hall–Kier alpha value is -2.03. The van der Waals surface area contributed by atoms with Crippen molar-refractivity contribution in [3.05, 3.63) is 45.7 Å². The van der Waals surface area contributed by atoms with E-state index < -0.39 is 0 Å². The number of benzene rings is 1. The number of halogens is 1. The predicted molar refractivity (Wildman–Crippen MR) is 98.4 cm³/mol. The number of morpholine rings is 1. The van der Waals surface area contributed by atoms with Crippen LogP contribution in [0.15, 0.2) is 24.3 Å². The fraction of sp³-hybridized carbons (Fsp3) is 0.412. The van der Waals surface area contributed by atoms with Crippen molar-refractivity contribution in [2.75, 3.05) is 19.7 Å². The molecule has 0 aliphatic carbocycles. The first-order valence-electron chi connectivity index (χ1n) is 8.43. The maximum atomic E-state index is 12.6. The number of nitrogens with zero attached hydrogens (tertiary/aromatic N) is 5. The summed E-state index contributed by atoms with van der Waals surface area (Å²) < 4.78 is 7.54. The standard InChI is InChI=1S/C17H18ClN5O2S/c1-11-19-20-17-23(11)21-15(26-17)5-6-16(24)22-7-8-25-14(10-22)12-3-2-4-13(18)9-12/h2-4,9,14H,5-8,10H2,1H3. The van der Waals surface area contributed by atoms with E-state index >= 15 is 0 Å². The zero-order chi connectivity index (χ0) is 18.1. The van der Waals surface area contributed by atoms with Crippen LogP contribution in [-0.4, -0.2) is 50.3 Å². The summed E-state index contributed by atoms with van der Waals surface area (Å²) in [5.41, 5.74) is 0.999. The molecule has 1 amide bonds. The van der Waals surface area contributed by atoms with E-state index in [0.717, 1.165) is 21.4 Å². The van der Waals surface area contributed by atoms with Gasteiger partial charge in [0.25, 0.3) is 0 Å². The molecule has 1 fully saturated rings. The molecule has 3 heterocycles. The molecule has 2 aromatic heterocycles. The highest BCUT2D eigenvalue weighted by molar-refractivity contribution is 7.16. The lowest BCUT2D eigenvalue weighted by atomic mass is 10.1. The molecule has 1 aliphatic rings. The lowest BCUT2D eigenvalue weighted by Gasteiger charge is -2.33. The molecule has 0 bridgehead atoms. The van der Waals surface area contributed by atoms with E-state index in [0.29, 0.717) is 37.6 Å². The molecule has 1 saturated heterocycles. The van der Waals surface area contributed by atoms with Crippen molar-refractivity contribution < 1.29 is 9.53 Å². The lowest BCUT2D eigenvalue weighted by Crippen LogP contribution is -2.42. The SMILES string of the molecule is Cc1nnc2sc(CCC(=O)N3CCOC(c4cccc(Cl)c4)C3)nn12. The average molecular weight is 392 g/mol. The highest BCUT2D eigenvalue weighted by atomic mass is 35.5. The summed E-state index contributed by atoms with van der Waals surface area (Å²) in [6, 6.07) is 7.60. The zero-order valence-corrected chi connectivity index (χ0v) is 15.8. The summed E-state index contributed by atoms with van der Waals surface area (Å²) in [6.07, 6.45) is 0.889. The fourth-order valence-electron chi connectivity index (χ4n) is 3.01. The molecule has 0 spiro atoms. The highest BCUT2D eigenvalue weighted by Gasteiger charge is 2.25. The number of aromatic nitrogens is 4.